The van der Waals surface area contributed by atoms with E-state index in [1.165, 1.54) is 0 Å². The molecule has 3 aromatic rings. The lowest BCUT2D eigenvalue weighted by atomic mass is 10.0. The number of nitrogens with zero attached hydrogens (tertiary/aromatic N) is 2. The van der Waals surface area contributed by atoms with Crippen LogP contribution in [-0.2, 0) is 6.54 Å². The van der Waals surface area contributed by atoms with Gasteiger partial charge in [-0.1, -0.05) is 30.3 Å². The van der Waals surface area contributed by atoms with Crippen molar-refractivity contribution in [1.82, 2.24) is 4.90 Å². The molecule has 7 heteroatoms. The van der Waals surface area contributed by atoms with Crippen LogP contribution in [-0.4, -0.2) is 49.9 Å². The van der Waals surface area contributed by atoms with Gasteiger partial charge in [0.05, 0.1) is 0 Å². The first kappa shape index (κ1) is 23.5. The standard InChI is InChI=1S/C20H26N4O.C7H5NO/c1-15-17(20(25)22-18-8-4-3-6-16(18)14-21)7-5-9-19(15)24-12-10-23(2)11-13-24;9-7-5-2-1-3-6(4-5)8-7/h3-9H,10-14,21H2,1-2H3,(H,22,25);1-4H,(H,8,9). The van der Waals surface area contributed by atoms with Gasteiger partial charge in [0.25, 0.3) is 11.8 Å². The average Bonchev–Trinajstić information content (AvgIpc) is 3.10. The second kappa shape index (κ2) is 10.5. The predicted molar refractivity (Wildman–Crippen MR) is 138 cm³/mol. The Kier molecular flexibility index (Phi) is 7.25. The van der Waals surface area contributed by atoms with E-state index in [9.17, 15) is 9.59 Å². The van der Waals surface area contributed by atoms with Crippen LogP contribution in [0.1, 0.15) is 31.8 Å². The molecule has 34 heavy (non-hydrogen) atoms. The Balaban J connectivity index is 0.000000252. The highest BCUT2D eigenvalue weighted by atomic mass is 16.2. The molecule has 0 unspecified atom stereocenters. The van der Waals surface area contributed by atoms with Gasteiger partial charge in [0.15, 0.2) is 0 Å². The van der Waals surface area contributed by atoms with E-state index in [1.807, 2.05) is 61.5 Å². The monoisotopic (exact) mass is 457 g/mol. The first-order valence-electron chi connectivity index (χ1n) is 11.5. The fraction of sp³-hybridized carbons (Fsp3) is 0.259. The normalized spacial score (nSPS) is 14.8. The molecule has 0 atom stereocenters. The van der Waals surface area contributed by atoms with Crippen molar-refractivity contribution in [2.75, 3.05) is 48.8 Å². The van der Waals surface area contributed by atoms with Crippen LogP contribution in [0.3, 0.4) is 0 Å². The molecule has 2 amide bonds. The van der Waals surface area contributed by atoms with Gasteiger partial charge in [-0.2, -0.15) is 0 Å². The highest BCUT2D eigenvalue weighted by molar-refractivity contribution is 6.09. The van der Waals surface area contributed by atoms with Gasteiger partial charge in [-0.15, -0.1) is 0 Å². The van der Waals surface area contributed by atoms with Crippen LogP contribution in [0.15, 0.2) is 66.7 Å². The molecule has 176 valence electrons. The summed E-state index contributed by atoms with van der Waals surface area (Å²) in [5.74, 6) is -0.0793. The summed E-state index contributed by atoms with van der Waals surface area (Å²) in [6, 6.07) is 21.0. The topological polar surface area (TPSA) is 90.7 Å². The third-order valence-electron chi connectivity index (χ3n) is 6.26. The third-order valence-corrected chi connectivity index (χ3v) is 6.26. The van der Waals surface area contributed by atoms with Crippen LogP contribution < -0.4 is 21.3 Å². The molecular weight excluding hydrogens is 426 g/mol. The largest absolute Gasteiger partial charge is 0.369 e. The number of para-hydroxylation sites is 1. The van der Waals surface area contributed by atoms with Gasteiger partial charge < -0.3 is 26.2 Å². The van der Waals surface area contributed by atoms with E-state index in [2.05, 4.69) is 33.5 Å². The summed E-state index contributed by atoms with van der Waals surface area (Å²) in [6.07, 6.45) is 0. The number of piperazine rings is 1. The van der Waals surface area contributed by atoms with E-state index in [-0.39, 0.29) is 11.8 Å². The number of carbonyl (C=O) groups is 2. The fourth-order valence-corrected chi connectivity index (χ4v) is 4.21. The molecule has 0 radical (unpaired) electrons. The maximum Gasteiger partial charge on any atom is 0.256 e. The van der Waals surface area contributed by atoms with Crippen LogP contribution in [0.5, 0.6) is 0 Å². The van der Waals surface area contributed by atoms with Crippen molar-refractivity contribution in [3.05, 3.63) is 89.0 Å². The van der Waals surface area contributed by atoms with E-state index >= 15 is 0 Å². The fourth-order valence-electron chi connectivity index (χ4n) is 4.21. The van der Waals surface area contributed by atoms with E-state index < -0.39 is 0 Å². The number of anilines is 3. The molecule has 2 aliphatic rings. The SMILES string of the molecule is Cc1c(C(=O)Nc2ccccc2CN)cccc1N1CCN(C)CC1.O=C1Nc2cccc1c2. The van der Waals surface area contributed by atoms with Crippen molar-refractivity contribution in [2.24, 2.45) is 5.73 Å². The molecule has 5 rings (SSSR count). The second-order valence-corrected chi connectivity index (χ2v) is 8.59. The van der Waals surface area contributed by atoms with Gasteiger partial charge in [-0.25, -0.2) is 0 Å². The molecule has 2 bridgehead atoms. The molecule has 1 fully saturated rings. The Morgan fingerprint density at radius 1 is 1.00 bits per heavy atom. The number of benzene rings is 3. The number of hydrogen-bond donors (Lipinski definition) is 3. The molecule has 0 aliphatic carbocycles. The minimum Gasteiger partial charge on any atom is -0.369 e. The van der Waals surface area contributed by atoms with Gasteiger partial charge in [-0.3, -0.25) is 9.59 Å². The molecule has 2 aliphatic heterocycles. The van der Waals surface area contributed by atoms with Crippen molar-refractivity contribution in [3.8, 4) is 0 Å². The molecule has 1 saturated heterocycles. The van der Waals surface area contributed by atoms with Crippen molar-refractivity contribution in [2.45, 2.75) is 13.5 Å². The summed E-state index contributed by atoms with van der Waals surface area (Å²) >= 11 is 0. The number of rotatable bonds is 4. The summed E-state index contributed by atoms with van der Waals surface area (Å²) in [5, 5.41) is 5.69. The summed E-state index contributed by atoms with van der Waals surface area (Å²) < 4.78 is 0. The first-order valence-corrected chi connectivity index (χ1v) is 11.5. The summed E-state index contributed by atoms with van der Waals surface area (Å²) in [6.45, 7) is 6.48. The Labute approximate surface area is 200 Å². The predicted octanol–water partition coefficient (Wildman–Crippen LogP) is 3.71. The number of nitrogens with two attached hydrogens (primary N) is 1. The Bertz CT molecular complexity index is 1190. The van der Waals surface area contributed by atoms with Gasteiger partial charge in [0.1, 0.15) is 0 Å². The first-order chi connectivity index (χ1) is 16.5. The van der Waals surface area contributed by atoms with Gasteiger partial charge in [0.2, 0.25) is 0 Å². The van der Waals surface area contributed by atoms with Gasteiger partial charge in [-0.05, 0) is 61.5 Å². The van der Waals surface area contributed by atoms with Gasteiger partial charge >= 0.3 is 0 Å². The van der Waals surface area contributed by atoms with E-state index in [4.69, 9.17) is 5.73 Å². The Morgan fingerprint density at radius 3 is 2.44 bits per heavy atom. The van der Waals surface area contributed by atoms with Crippen LogP contribution in [0.4, 0.5) is 17.1 Å². The highest BCUT2D eigenvalue weighted by Gasteiger charge is 2.19. The minimum atomic E-state index is -0.0885. The van der Waals surface area contributed by atoms with Gasteiger partial charge in [0, 0.05) is 60.9 Å². The number of likely N-dealkylation sites (N-methyl/N-ethyl adjacent to an activating group) is 1. The van der Waals surface area contributed by atoms with Crippen LogP contribution in [0.2, 0.25) is 0 Å². The van der Waals surface area contributed by atoms with E-state index in [0.717, 1.165) is 59.9 Å². The summed E-state index contributed by atoms with van der Waals surface area (Å²) in [7, 11) is 2.14. The molecule has 0 spiro atoms. The number of hydrogen-bond acceptors (Lipinski definition) is 5. The molecule has 4 N–H and O–H groups in total. The lowest BCUT2D eigenvalue weighted by Crippen LogP contribution is -2.44. The van der Waals surface area contributed by atoms with Crippen molar-refractivity contribution in [3.63, 3.8) is 0 Å². The maximum atomic E-state index is 12.8. The Morgan fingerprint density at radius 2 is 1.74 bits per heavy atom. The number of carbonyl (C=O) groups excluding carboxylic acids is 2. The van der Waals surface area contributed by atoms with Crippen LogP contribution in [0, 0.1) is 6.92 Å². The minimum absolute atomic E-state index is 0.00926. The molecule has 3 aromatic carbocycles. The zero-order valence-corrected chi connectivity index (χ0v) is 19.7. The second-order valence-electron chi connectivity index (χ2n) is 8.59. The van der Waals surface area contributed by atoms with Crippen LogP contribution >= 0.6 is 0 Å². The molecular formula is C27H31N5O2. The zero-order valence-electron chi connectivity index (χ0n) is 19.7. The number of nitrogens with one attached hydrogen (secondary N) is 2. The van der Waals surface area contributed by atoms with E-state index in [0.29, 0.717) is 12.1 Å². The van der Waals surface area contributed by atoms with Crippen molar-refractivity contribution in [1.29, 1.82) is 0 Å². The molecule has 0 aromatic heterocycles. The molecule has 7 nitrogen and oxygen atoms in total. The average molecular weight is 458 g/mol. The van der Waals surface area contributed by atoms with E-state index in [1.54, 1.807) is 6.07 Å². The van der Waals surface area contributed by atoms with Crippen LogP contribution in [0.25, 0.3) is 0 Å². The zero-order chi connectivity index (χ0) is 24.1. The van der Waals surface area contributed by atoms with Crippen molar-refractivity contribution >= 4 is 28.9 Å². The lowest BCUT2D eigenvalue weighted by Gasteiger charge is -2.35. The van der Waals surface area contributed by atoms with Crippen molar-refractivity contribution < 1.29 is 9.59 Å². The maximum absolute atomic E-state index is 12.8. The summed E-state index contributed by atoms with van der Waals surface area (Å²) in [5.41, 5.74) is 12.0. The molecule has 0 saturated carbocycles. The lowest BCUT2D eigenvalue weighted by molar-refractivity contribution is 0.102. The quantitative estimate of drug-likeness (QED) is 0.556. The number of amides is 2. The summed E-state index contributed by atoms with van der Waals surface area (Å²) in [4.78, 5) is 28.3. The number of fused-ring (bicyclic) bond motifs is 2. The Hall–Kier alpha value is -3.68. The molecule has 2 heterocycles. The third kappa shape index (κ3) is 5.27. The smallest absolute Gasteiger partial charge is 0.256 e. The highest BCUT2D eigenvalue weighted by Crippen LogP contribution is 2.25.